The number of hydrogen-bond acceptors (Lipinski definition) is 4. The fourth-order valence-electron chi connectivity index (χ4n) is 1.20. The number of hydrogen-bond donors (Lipinski definition) is 1. The third kappa shape index (κ3) is 1.45. The molecule has 0 saturated carbocycles. The van der Waals surface area contributed by atoms with Gasteiger partial charge in [0.05, 0.1) is 4.88 Å². The van der Waals surface area contributed by atoms with Crippen molar-refractivity contribution in [2.24, 2.45) is 0 Å². The van der Waals surface area contributed by atoms with Crippen molar-refractivity contribution >= 4 is 16.5 Å². The first kappa shape index (κ1) is 8.73. The van der Waals surface area contributed by atoms with E-state index in [1.165, 1.54) is 11.3 Å². The zero-order valence-corrected chi connectivity index (χ0v) is 8.08. The van der Waals surface area contributed by atoms with E-state index >= 15 is 0 Å². The van der Waals surface area contributed by atoms with Gasteiger partial charge in [0.2, 0.25) is 0 Å². The first-order chi connectivity index (χ1) is 6.81. The summed E-state index contributed by atoms with van der Waals surface area (Å²) < 4.78 is 0. The Kier molecular flexibility index (Phi) is 2.17. The maximum atomic E-state index is 8.83. The lowest BCUT2D eigenvalue weighted by Gasteiger charge is -1.94. The fourth-order valence-corrected chi connectivity index (χ4v) is 1.99. The van der Waals surface area contributed by atoms with E-state index in [9.17, 15) is 0 Å². The van der Waals surface area contributed by atoms with E-state index in [0.717, 1.165) is 10.4 Å². The van der Waals surface area contributed by atoms with E-state index in [1.54, 1.807) is 0 Å². The van der Waals surface area contributed by atoms with E-state index in [0.29, 0.717) is 10.8 Å². The summed E-state index contributed by atoms with van der Waals surface area (Å²) in [4.78, 5) is 4.78. The van der Waals surface area contributed by atoms with Gasteiger partial charge in [0.1, 0.15) is 6.07 Å². The summed E-state index contributed by atoms with van der Waals surface area (Å²) in [5.74, 6) is 0. The average Bonchev–Trinajstić information content (AvgIpc) is 2.61. The van der Waals surface area contributed by atoms with E-state index in [4.69, 9.17) is 11.0 Å². The molecule has 0 aliphatic rings. The second-order valence-electron chi connectivity index (χ2n) is 2.71. The Hall–Kier alpha value is -1.86. The number of thiazole rings is 1. The molecule has 1 heterocycles. The van der Waals surface area contributed by atoms with E-state index in [1.807, 2.05) is 36.4 Å². The van der Waals surface area contributed by atoms with Crippen molar-refractivity contribution in [3.8, 4) is 16.5 Å². The predicted octanol–water partition coefficient (Wildman–Crippen LogP) is 2.26. The Morgan fingerprint density at radius 3 is 2.64 bits per heavy atom. The van der Waals surface area contributed by atoms with Crippen LogP contribution in [0.1, 0.15) is 5.69 Å². The van der Waals surface area contributed by atoms with Gasteiger partial charge in [-0.05, 0) is 5.56 Å². The third-order valence-electron chi connectivity index (χ3n) is 1.79. The average molecular weight is 201 g/mol. The second kappa shape index (κ2) is 3.48. The molecule has 0 radical (unpaired) electrons. The zero-order chi connectivity index (χ0) is 9.97. The van der Waals surface area contributed by atoms with Crippen LogP contribution in [0, 0.1) is 11.3 Å². The third-order valence-corrected chi connectivity index (χ3v) is 2.72. The molecule has 4 heteroatoms. The zero-order valence-electron chi connectivity index (χ0n) is 7.27. The van der Waals surface area contributed by atoms with Gasteiger partial charge in [-0.2, -0.15) is 5.26 Å². The molecule has 2 rings (SSSR count). The summed E-state index contributed by atoms with van der Waals surface area (Å²) >= 11 is 1.34. The highest BCUT2D eigenvalue weighted by Gasteiger charge is 2.09. The summed E-state index contributed by atoms with van der Waals surface area (Å²) in [5.41, 5.74) is 6.93. The van der Waals surface area contributed by atoms with E-state index in [2.05, 4.69) is 4.98 Å². The van der Waals surface area contributed by atoms with E-state index in [-0.39, 0.29) is 0 Å². The highest BCUT2D eigenvalue weighted by Crippen LogP contribution is 2.30. The number of nitriles is 1. The van der Waals surface area contributed by atoms with Crippen molar-refractivity contribution in [3.05, 3.63) is 36.0 Å². The summed E-state index contributed by atoms with van der Waals surface area (Å²) in [6.45, 7) is 0. The van der Waals surface area contributed by atoms with Crippen molar-refractivity contribution in [3.63, 3.8) is 0 Å². The van der Waals surface area contributed by atoms with Crippen LogP contribution in [0.15, 0.2) is 30.3 Å². The Morgan fingerprint density at radius 2 is 2.00 bits per heavy atom. The highest BCUT2D eigenvalue weighted by molar-refractivity contribution is 7.19. The SMILES string of the molecule is N#Cc1nc(N)sc1-c1ccccc1. The largest absolute Gasteiger partial charge is 0.375 e. The van der Waals surface area contributed by atoms with Crippen LogP contribution in [0.4, 0.5) is 5.13 Å². The van der Waals surface area contributed by atoms with Gasteiger partial charge in [-0.3, -0.25) is 0 Å². The highest BCUT2D eigenvalue weighted by atomic mass is 32.1. The quantitative estimate of drug-likeness (QED) is 0.769. The smallest absolute Gasteiger partial charge is 0.181 e. The molecule has 0 fully saturated rings. The molecule has 1 aromatic heterocycles. The maximum Gasteiger partial charge on any atom is 0.181 e. The molecule has 2 aromatic rings. The van der Waals surface area contributed by atoms with Gasteiger partial charge in [0, 0.05) is 0 Å². The minimum absolute atomic E-state index is 0.402. The first-order valence-electron chi connectivity index (χ1n) is 4.03. The number of nitrogen functional groups attached to an aromatic ring is 1. The summed E-state index contributed by atoms with van der Waals surface area (Å²) in [6.07, 6.45) is 0. The van der Waals surface area contributed by atoms with Crippen LogP contribution in [0.5, 0.6) is 0 Å². The Morgan fingerprint density at radius 1 is 1.29 bits per heavy atom. The molecule has 2 N–H and O–H groups in total. The van der Waals surface area contributed by atoms with Crippen LogP contribution in [0.3, 0.4) is 0 Å². The Labute approximate surface area is 85.4 Å². The van der Waals surface area contributed by atoms with Crippen LogP contribution >= 0.6 is 11.3 Å². The number of rotatable bonds is 1. The van der Waals surface area contributed by atoms with Crippen LogP contribution in [0.25, 0.3) is 10.4 Å². The maximum absolute atomic E-state index is 8.83. The Bertz CT molecular complexity index is 482. The normalized spacial score (nSPS) is 9.64. The number of nitrogens with zero attached hydrogens (tertiary/aromatic N) is 2. The monoisotopic (exact) mass is 201 g/mol. The molecule has 0 aliphatic carbocycles. The molecular formula is C10H7N3S. The molecular weight excluding hydrogens is 194 g/mol. The molecule has 0 bridgehead atoms. The van der Waals surface area contributed by atoms with Gasteiger partial charge in [0.15, 0.2) is 10.8 Å². The molecule has 1 aromatic carbocycles. The number of aromatic nitrogens is 1. The van der Waals surface area contributed by atoms with Crippen molar-refractivity contribution in [1.82, 2.24) is 4.98 Å². The van der Waals surface area contributed by atoms with Crippen molar-refractivity contribution < 1.29 is 0 Å². The lowest BCUT2D eigenvalue weighted by atomic mass is 10.2. The van der Waals surface area contributed by atoms with Crippen molar-refractivity contribution in [2.45, 2.75) is 0 Å². The van der Waals surface area contributed by atoms with Crippen molar-refractivity contribution in [1.29, 1.82) is 5.26 Å². The minimum atomic E-state index is 0.402. The Balaban J connectivity index is 2.58. The van der Waals surface area contributed by atoms with E-state index < -0.39 is 0 Å². The number of nitrogens with two attached hydrogens (primary N) is 1. The molecule has 0 saturated heterocycles. The van der Waals surface area contributed by atoms with Crippen LogP contribution in [-0.4, -0.2) is 4.98 Å². The second-order valence-corrected chi connectivity index (χ2v) is 3.74. The topological polar surface area (TPSA) is 62.7 Å². The number of benzene rings is 1. The van der Waals surface area contributed by atoms with Gasteiger partial charge in [-0.1, -0.05) is 41.7 Å². The lowest BCUT2D eigenvalue weighted by Crippen LogP contribution is -1.82. The predicted molar refractivity (Wildman–Crippen MR) is 56.7 cm³/mol. The molecule has 0 amide bonds. The van der Waals surface area contributed by atoms with Crippen LogP contribution in [0.2, 0.25) is 0 Å². The van der Waals surface area contributed by atoms with Gasteiger partial charge in [-0.25, -0.2) is 4.98 Å². The molecule has 0 unspecified atom stereocenters. The molecule has 14 heavy (non-hydrogen) atoms. The van der Waals surface area contributed by atoms with Crippen molar-refractivity contribution in [2.75, 3.05) is 5.73 Å². The lowest BCUT2D eigenvalue weighted by molar-refractivity contribution is 1.34. The molecule has 68 valence electrons. The van der Waals surface area contributed by atoms with Crippen LogP contribution < -0.4 is 5.73 Å². The first-order valence-corrected chi connectivity index (χ1v) is 4.84. The van der Waals surface area contributed by atoms with Gasteiger partial charge in [0.25, 0.3) is 0 Å². The van der Waals surface area contributed by atoms with Gasteiger partial charge >= 0.3 is 0 Å². The van der Waals surface area contributed by atoms with Gasteiger partial charge < -0.3 is 5.73 Å². The molecule has 0 aliphatic heterocycles. The standard InChI is InChI=1S/C10H7N3S/c11-6-8-9(14-10(12)13-8)7-4-2-1-3-5-7/h1-5H,(H2,12,13). The number of anilines is 1. The van der Waals surface area contributed by atoms with Crippen LogP contribution in [-0.2, 0) is 0 Å². The molecule has 0 spiro atoms. The minimum Gasteiger partial charge on any atom is -0.375 e. The summed E-state index contributed by atoms with van der Waals surface area (Å²) in [7, 11) is 0. The fraction of sp³-hybridized carbons (Fsp3) is 0. The molecule has 3 nitrogen and oxygen atoms in total. The van der Waals surface area contributed by atoms with Gasteiger partial charge in [-0.15, -0.1) is 0 Å². The summed E-state index contributed by atoms with van der Waals surface area (Å²) in [5, 5.41) is 9.26. The molecule has 0 atom stereocenters. The summed E-state index contributed by atoms with van der Waals surface area (Å²) in [6, 6.07) is 11.7.